The van der Waals surface area contributed by atoms with Crippen molar-refractivity contribution in [3.63, 3.8) is 0 Å². The molecule has 2 rings (SSSR count). The lowest BCUT2D eigenvalue weighted by atomic mass is 9.86. The van der Waals surface area contributed by atoms with Gasteiger partial charge in [-0.2, -0.15) is 5.10 Å². The van der Waals surface area contributed by atoms with Crippen LogP contribution >= 0.6 is 31.9 Å². The highest BCUT2D eigenvalue weighted by atomic mass is 79.9. The van der Waals surface area contributed by atoms with Crippen LogP contribution in [0, 0.1) is 0 Å². The molecule has 0 saturated carbocycles. The second-order valence-corrected chi connectivity index (χ2v) is 8.98. The van der Waals surface area contributed by atoms with Crippen LogP contribution in [0.4, 0.5) is 0 Å². The average Bonchev–Trinajstić information content (AvgIpc) is 2.65. The number of carbonyl (C=O) groups is 1. The molecule has 0 aliphatic carbocycles. The second kappa shape index (κ2) is 10.1. The van der Waals surface area contributed by atoms with Gasteiger partial charge in [-0.05, 0) is 57.2 Å². The average molecular weight is 528 g/mol. The van der Waals surface area contributed by atoms with E-state index in [4.69, 9.17) is 14.2 Å². The number of amides is 1. The van der Waals surface area contributed by atoms with Crippen molar-refractivity contribution in [2.75, 3.05) is 20.8 Å². The summed E-state index contributed by atoms with van der Waals surface area (Å²) in [6.45, 7) is 6.13. The number of hydrogen-bond acceptors (Lipinski definition) is 5. The van der Waals surface area contributed by atoms with Crippen LogP contribution in [0.25, 0.3) is 0 Å². The van der Waals surface area contributed by atoms with Crippen molar-refractivity contribution in [1.29, 1.82) is 0 Å². The van der Waals surface area contributed by atoms with E-state index in [1.165, 1.54) is 6.21 Å². The number of methoxy groups -OCH3 is 2. The second-order valence-electron chi connectivity index (χ2n) is 7.21. The summed E-state index contributed by atoms with van der Waals surface area (Å²) in [6.07, 6.45) is 1.52. The van der Waals surface area contributed by atoms with Crippen LogP contribution < -0.4 is 19.6 Å². The predicted octanol–water partition coefficient (Wildman–Crippen LogP) is 5.06. The van der Waals surface area contributed by atoms with E-state index in [9.17, 15) is 4.79 Å². The van der Waals surface area contributed by atoms with Gasteiger partial charge in [0.15, 0.2) is 18.1 Å². The maximum absolute atomic E-state index is 12.1. The fraction of sp³-hybridized carbons (Fsp3) is 0.333. The molecule has 0 spiro atoms. The Morgan fingerprint density at radius 2 is 1.83 bits per heavy atom. The van der Waals surface area contributed by atoms with Gasteiger partial charge in [0.2, 0.25) is 0 Å². The van der Waals surface area contributed by atoms with E-state index < -0.39 is 0 Å². The first kappa shape index (κ1) is 23.2. The van der Waals surface area contributed by atoms with Gasteiger partial charge in [0.25, 0.3) is 5.91 Å². The molecule has 0 atom stereocenters. The Morgan fingerprint density at radius 3 is 2.45 bits per heavy atom. The smallest absolute Gasteiger partial charge is 0.277 e. The number of halogens is 2. The lowest BCUT2D eigenvalue weighted by molar-refractivity contribution is -0.123. The Labute approximate surface area is 187 Å². The molecule has 0 aliphatic heterocycles. The van der Waals surface area contributed by atoms with E-state index in [0.29, 0.717) is 17.2 Å². The Balaban J connectivity index is 2.00. The molecule has 0 radical (unpaired) electrons. The topological polar surface area (TPSA) is 69.2 Å². The van der Waals surface area contributed by atoms with Crippen LogP contribution in [0.1, 0.15) is 31.9 Å². The fourth-order valence-electron chi connectivity index (χ4n) is 2.58. The number of hydrogen-bond donors (Lipinski definition) is 1. The number of carbonyl (C=O) groups excluding carboxylic acids is 1. The molecule has 0 aromatic heterocycles. The summed E-state index contributed by atoms with van der Waals surface area (Å²) in [7, 11) is 3.12. The van der Waals surface area contributed by atoms with E-state index in [1.807, 2.05) is 24.3 Å². The van der Waals surface area contributed by atoms with E-state index in [0.717, 1.165) is 20.1 Å². The van der Waals surface area contributed by atoms with Crippen LogP contribution in [-0.2, 0) is 10.2 Å². The van der Waals surface area contributed by atoms with E-state index in [-0.39, 0.29) is 17.9 Å². The number of hydrazone groups is 1. The van der Waals surface area contributed by atoms with E-state index in [1.54, 1.807) is 20.3 Å². The molecule has 6 nitrogen and oxygen atoms in total. The Kier molecular flexibility index (Phi) is 8.10. The monoisotopic (exact) mass is 526 g/mol. The van der Waals surface area contributed by atoms with Crippen molar-refractivity contribution >= 4 is 44.0 Å². The molecule has 0 aliphatic rings. The molecular weight excluding hydrogens is 504 g/mol. The van der Waals surface area contributed by atoms with Crippen LogP contribution in [0.3, 0.4) is 0 Å². The summed E-state index contributed by atoms with van der Waals surface area (Å²) in [5.74, 6) is 1.46. The Bertz CT molecular complexity index is 908. The minimum absolute atomic E-state index is 0.117. The number of rotatable bonds is 7. The molecule has 0 fully saturated rings. The molecule has 2 aromatic rings. The zero-order valence-electron chi connectivity index (χ0n) is 17.0. The van der Waals surface area contributed by atoms with Gasteiger partial charge in [-0.1, -0.05) is 36.7 Å². The summed E-state index contributed by atoms with van der Waals surface area (Å²) in [4.78, 5) is 12.1. The first-order valence-electron chi connectivity index (χ1n) is 8.82. The van der Waals surface area contributed by atoms with Gasteiger partial charge in [-0.25, -0.2) is 5.43 Å². The van der Waals surface area contributed by atoms with Gasteiger partial charge < -0.3 is 14.2 Å². The van der Waals surface area contributed by atoms with Gasteiger partial charge >= 0.3 is 0 Å². The molecule has 1 amide bonds. The van der Waals surface area contributed by atoms with Gasteiger partial charge in [-0.15, -0.1) is 0 Å². The number of benzene rings is 2. The Morgan fingerprint density at radius 1 is 1.10 bits per heavy atom. The van der Waals surface area contributed by atoms with Crippen LogP contribution in [0.15, 0.2) is 44.4 Å². The number of nitrogens with one attached hydrogen (secondary N) is 1. The van der Waals surface area contributed by atoms with Gasteiger partial charge in [0.1, 0.15) is 5.75 Å². The molecule has 1 N–H and O–H groups in total. The third-order valence-corrected chi connectivity index (χ3v) is 5.05. The van der Waals surface area contributed by atoms with Crippen LogP contribution in [0.2, 0.25) is 0 Å². The molecule has 8 heteroatoms. The van der Waals surface area contributed by atoms with Gasteiger partial charge in [0, 0.05) is 10.0 Å². The Hall–Kier alpha value is -2.06. The highest BCUT2D eigenvalue weighted by Crippen LogP contribution is 2.36. The van der Waals surface area contributed by atoms with E-state index in [2.05, 4.69) is 63.2 Å². The maximum atomic E-state index is 12.1. The summed E-state index contributed by atoms with van der Waals surface area (Å²) in [6, 6.07) is 9.30. The summed E-state index contributed by atoms with van der Waals surface area (Å²) >= 11 is 6.90. The quantitative estimate of drug-likeness (QED) is 0.404. The highest BCUT2D eigenvalue weighted by molar-refractivity contribution is 9.10. The third kappa shape index (κ3) is 6.47. The normalized spacial score (nSPS) is 11.4. The van der Waals surface area contributed by atoms with Crippen molar-refractivity contribution in [1.82, 2.24) is 5.43 Å². The molecule has 0 unspecified atom stereocenters. The summed E-state index contributed by atoms with van der Waals surface area (Å²) in [5.41, 5.74) is 4.10. The zero-order valence-corrected chi connectivity index (χ0v) is 20.2. The highest BCUT2D eigenvalue weighted by Gasteiger charge is 2.20. The molecule has 2 aromatic carbocycles. The predicted molar refractivity (Wildman–Crippen MR) is 121 cm³/mol. The molecule has 156 valence electrons. The fourth-order valence-corrected chi connectivity index (χ4v) is 3.56. The van der Waals surface area contributed by atoms with Crippen LogP contribution in [-0.4, -0.2) is 32.9 Å². The largest absolute Gasteiger partial charge is 0.493 e. The van der Waals surface area contributed by atoms with Crippen LogP contribution in [0.5, 0.6) is 17.2 Å². The van der Waals surface area contributed by atoms with Gasteiger partial charge in [0.05, 0.1) is 24.9 Å². The minimum atomic E-state index is -0.358. The number of nitrogens with zero attached hydrogens (tertiary/aromatic N) is 1. The lowest BCUT2D eigenvalue weighted by Crippen LogP contribution is -2.25. The standard InChI is InChI=1S/C21H24Br2N2O4/c1-21(2,3)15-10-14(22)6-7-17(15)29-12-19(26)25-24-11-13-8-16(23)20(28-5)18(9-13)27-4/h6-11H,12H2,1-5H3,(H,25,26)/b24-11+. The molecule has 29 heavy (non-hydrogen) atoms. The van der Waals surface area contributed by atoms with Gasteiger partial charge in [-0.3, -0.25) is 4.79 Å². The number of ether oxygens (including phenoxy) is 3. The van der Waals surface area contributed by atoms with Crippen molar-refractivity contribution in [3.8, 4) is 17.2 Å². The maximum Gasteiger partial charge on any atom is 0.277 e. The minimum Gasteiger partial charge on any atom is -0.493 e. The molecule has 0 heterocycles. The summed E-state index contributed by atoms with van der Waals surface area (Å²) in [5, 5.41) is 3.98. The lowest BCUT2D eigenvalue weighted by Gasteiger charge is -2.23. The van der Waals surface area contributed by atoms with Crippen molar-refractivity contribution in [2.45, 2.75) is 26.2 Å². The van der Waals surface area contributed by atoms with Crippen molar-refractivity contribution in [2.24, 2.45) is 5.10 Å². The SMILES string of the molecule is COc1cc(/C=N/NC(=O)COc2ccc(Br)cc2C(C)(C)C)cc(Br)c1OC. The first-order valence-corrected chi connectivity index (χ1v) is 10.4. The first-order chi connectivity index (χ1) is 13.7. The molecular formula is C21H24Br2N2O4. The molecule has 0 saturated heterocycles. The molecule has 0 bridgehead atoms. The van der Waals surface area contributed by atoms with Crippen molar-refractivity contribution < 1.29 is 19.0 Å². The van der Waals surface area contributed by atoms with Crippen molar-refractivity contribution in [3.05, 3.63) is 50.4 Å². The zero-order chi connectivity index (χ0) is 21.6. The third-order valence-electron chi connectivity index (χ3n) is 3.97. The summed E-state index contributed by atoms with van der Waals surface area (Å²) < 4.78 is 18.0. The van der Waals surface area contributed by atoms with E-state index >= 15 is 0 Å².